The summed E-state index contributed by atoms with van der Waals surface area (Å²) < 4.78 is 11.3. The van der Waals surface area contributed by atoms with Gasteiger partial charge in [-0.2, -0.15) is 0 Å². The first-order chi connectivity index (χ1) is 13.5. The van der Waals surface area contributed by atoms with E-state index < -0.39 is 11.9 Å². The molecule has 0 fully saturated rings. The lowest BCUT2D eigenvalue weighted by Gasteiger charge is -2.08. The summed E-state index contributed by atoms with van der Waals surface area (Å²) in [6.45, 7) is 2.02. The Morgan fingerprint density at radius 2 is 1.61 bits per heavy atom. The van der Waals surface area contributed by atoms with Crippen LogP contribution in [0.15, 0.2) is 53.0 Å². The number of carbonyl (C=O) groups excluding carboxylic acids is 3. The van der Waals surface area contributed by atoms with Crippen molar-refractivity contribution in [2.75, 3.05) is 19.8 Å². The highest BCUT2D eigenvalue weighted by Gasteiger charge is 2.12. The minimum absolute atomic E-state index is 0.314. The summed E-state index contributed by atoms with van der Waals surface area (Å²) >= 11 is 3.28. The summed E-state index contributed by atoms with van der Waals surface area (Å²) in [4.78, 5) is 35.8. The van der Waals surface area contributed by atoms with Gasteiger partial charge in [0.15, 0.2) is 12.4 Å². The van der Waals surface area contributed by atoms with Gasteiger partial charge in [-0.3, -0.25) is 14.4 Å². The number of ketones is 1. The number of benzene rings is 2. The van der Waals surface area contributed by atoms with Crippen LogP contribution >= 0.6 is 15.9 Å². The molecule has 0 aliphatic rings. The molecule has 0 aliphatic heterocycles. The molecule has 2 aromatic carbocycles. The van der Waals surface area contributed by atoms with Gasteiger partial charge < -0.3 is 14.8 Å². The van der Waals surface area contributed by atoms with Crippen LogP contribution in [0.3, 0.4) is 0 Å². The van der Waals surface area contributed by atoms with Gasteiger partial charge in [-0.25, -0.2) is 0 Å². The van der Waals surface area contributed by atoms with Crippen molar-refractivity contribution in [2.24, 2.45) is 0 Å². The predicted molar refractivity (Wildman–Crippen MR) is 109 cm³/mol. The molecule has 0 atom stereocenters. The van der Waals surface area contributed by atoms with Gasteiger partial charge in [-0.05, 0) is 42.8 Å². The molecule has 2 rings (SSSR count). The zero-order chi connectivity index (χ0) is 20.4. The third-order valence-corrected chi connectivity index (χ3v) is 4.34. The van der Waals surface area contributed by atoms with Crippen molar-refractivity contribution < 1.29 is 23.9 Å². The summed E-state index contributed by atoms with van der Waals surface area (Å²) in [5.74, 6) is -0.712. The molecular formula is C21H22BrNO5. The van der Waals surface area contributed by atoms with E-state index in [0.717, 1.165) is 17.3 Å². The standard InChI is InChI=1S/C21H22BrNO5/c1-2-3-12-27-18-10-6-16(7-11-18)21(26)23-13-20(25)28-14-19(24)15-4-8-17(22)9-5-15/h4-11H,2-3,12-14H2,1H3,(H,23,26). The van der Waals surface area contributed by atoms with Crippen LogP contribution in [0, 0.1) is 0 Å². The van der Waals surface area contributed by atoms with Gasteiger partial charge in [0.1, 0.15) is 12.3 Å². The fourth-order valence-corrected chi connectivity index (χ4v) is 2.47. The molecule has 2 aromatic rings. The number of hydrogen-bond donors (Lipinski definition) is 1. The predicted octanol–water partition coefficient (Wildman–Crippen LogP) is 3.78. The smallest absolute Gasteiger partial charge is 0.325 e. The number of hydrogen-bond acceptors (Lipinski definition) is 5. The van der Waals surface area contributed by atoms with Crippen molar-refractivity contribution in [3.63, 3.8) is 0 Å². The second-order valence-corrected chi connectivity index (χ2v) is 6.92. The molecular weight excluding hydrogens is 426 g/mol. The fraction of sp³-hybridized carbons (Fsp3) is 0.286. The molecule has 148 valence electrons. The molecule has 0 bridgehead atoms. The van der Waals surface area contributed by atoms with Crippen LogP contribution in [-0.2, 0) is 9.53 Å². The van der Waals surface area contributed by atoms with E-state index in [4.69, 9.17) is 9.47 Å². The molecule has 0 aliphatic carbocycles. The normalized spacial score (nSPS) is 10.2. The van der Waals surface area contributed by atoms with E-state index in [1.54, 1.807) is 48.5 Å². The number of rotatable bonds is 10. The van der Waals surface area contributed by atoms with Crippen LogP contribution in [-0.4, -0.2) is 37.4 Å². The van der Waals surface area contributed by atoms with Gasteiger partial charge in [-0.15, -0.1) is 0 Å². The Morgan fingerprint density at radius 1 is 0.964 bits per heavy atom. The molecule has 0 unspecified atom stereocenters. The van der Waals surface area contributed by atoms with Crippen LogP contribution in [0.25, 0.3) is 0 Å². The maximum absolute atomic E-state index is 12.1. The quantitative estimate of drug-likeness (QED) is 0.340. The van der Waals surface area contributed by atoms with Gasteiger partial charge in [0.05, 0.1) is 6.61 Å². The van der Waals surface area contributed by atoms with Crippen molar-refractivity contribution in [3.05, 3.63) is 64.1 Å². The molecule has 0 radical (unpaired) electrons. The third kappa shape index (κ3) is 7.15. The minimum atomic E-state index is -0.682. The van der Waals surface area contributed by atoms with E-state index in [1.165, 1.54) is 0 Å². The Balaban J connectivity index is 1.73. The van der Waals surface area contributed by atoms with Crippen LogP contribution in [0.1, 0.15) is 40.5 Å². The van der Waals surface area contributed by atoms with Gasteiger partial charge in [0.2, 0.25) is 0 Å². The number of nitrogens with one attached hydrogen (secondary N) is 1. The number of amides is 1. The summed E-state index contributed by atoms with van der Waals surface area (Å²) in [6.07, 6.45) is 2.01. The SMILES string of the molecule is CCCCOc1ccc(C(=O)NCC(=O)OCC(=O)c2ccc(Br)cc2)cc1. The zero-order valence-corrected chi connectivity index (χ0v) is 17.2. The Bertz CT molecular complexity index is 803. The number of Topliss-reactive ketones (excluding diaryl/α,β-unsaturated/α-hetero) is 1. The van der Waals surface area contributed by atoms with Crippen molar-refractivity contribution in [1.29, 1.82) is 0 Å². The van der Waals surface area contributed by atoms with E-state index in [-0.39, 0.29) is 18.9 Å². The fourth-order valence-electron chi connectivity index (χ4n) is 2.21. The first kappa shape index (κ1) is 21.6. The summed E-state index contributed by atoms with van der Waals surface area (Å²) in [5, 5.41) is 2.47. The zero-order valence-electron chi connectivity index (χ0n) is 15.6. The molecule has 1 amide bonds. The van der Waals surface area contributed by atoms with E-state index in [2.05, 4.69) is 28.2 Å². The highest BCUT2D eigenvalue weighted by atomic mass is 79.9. The lowest BCUT2D eigenvalue weighted by molar-refractivity contribution is -0.141. The molecule has 0 aromatic heterocycles. The second kappa shape index (κ2) is 11.2. The van der Waals surface area contributed by atoms with E-state index >= 15 is 0 Å². The van der Waals surface area contributed by atoms with Crippen molar-refractivity contribution in [2.45, 2.75) is 19.8 Å². The molecule has 1 N–H and O–H groups in total. The first-order valence-corrected chi connectivity index (χ1v) is 9.74. The van der Waals surface area contributed by atoms with Gasteiger partial charge >= 0.3 is 5.97 Å². The lowest BCUT2D eigenvalue weighted by Crippen LogP contribution is -2.31. The molecule has 28 heavy (non-hydrogen) atoms. The second-order valence-electron chi connectivity index (χ2n) is 6.00. The molecule has 6 nitrogen and oxygen atoms in total. The van der Waals surface area contributed by atoms with Gasteiger partial charge in [0.25, 0.3) is 5.91 Å². The molecule has 0 saturated carbocycles. The van der Waals surface area contributed by atoms with Crippen LogP contribution in [0.2, 0.25) is 0 Å². The largest absolute Gasteiger partial charge is 0.494 e. The van der Waals surface area contributed by atoms with E-state index in [9.17, 15) is 14.4 Å². The Kier molecular flexibility index (Phi) is 8.68. The molecule has 0 saturated heterocycles. The molecule has 7 heteroatoms. The van der Waals surface area contributed by atoms with Crippen molar-refractivity contribution >= 4 is 33.6 Å². The van der Waals surface area contributed by atoms with Crippen LogP contribution in [0.5, 0.6) is 5.75 Å². The van der Waals surface area contributed by atoms with Crippen molar-refractivity contribution in [3.8, 4) is 5.75 Å². The number of ether oxygens (including phenoxy) is 2. The van der Waals surface area contributed by atoms with Gasteiger partial charge in [-0.1, -0.05) is 41.4 Å². The van der Waals surface area contributed by atoms with Crippen LogP contribution in [0.4, 0.5) is 0 Å². The molecule has 0 heterocycles. The Labute approximate surface area is 172 Å². The number of esters is 1. The third-order valence-electron chi connectivity index (χ3n) is 3.81. The van der Waals surface area contributed by atoms with E-state index in [0.29, 0.717) is 23.5 Å². The monoisotopic (exact) mass is 447 g/mol. The topological polar surface area (TPSA) is 81.7 Å². The van der Waals surface area contributed by atoms with Crippen LogP contribution < -0.4 is 10.1 Å². The average molecular weight is 448 g/mol. The van der Waals surface area contributed by atoms with Crippen molar-refractivity contribution in [1.82, 2.24) is 5.32 Å². The maximum atomic E-state index is 12.1. The highest BCUT2D eigenvalue weighted by molar-refractivity contribution is 9.10. The maximum Gasteiger partial charge on any atom is 0.325 e. The van der Waals surface area contributed by atoms with Gasteiger partial charge in [0, 0.05) is 15.6 Å². The summed E-state index contributed by atoms with van der Waals surface area (Å²) in [7, 11) is 0. The molecule has 0 spiro atoms. The van der Waals surface area contributed by atoms with E-state index in [1.807, 2.05) is 0 Å². The summed E-state index contributed by atoms with van der Waals surface area (Å²) in [6, 6.07) is 13.4. The number of unbranched alkanes of at least 4 members (excludes halogenated alkanes) is 1. The average Bonchev–Trinajstić information content (AvgIpc) is 2.71. The summed E-state index contributed by atoms with van der Waals surface area (Å²) in [5.41, 5.74) is 0.850. The minimum Gasteiger partial charge on any atom is -0.494 e. The number of halogens is 1. The Hall–Kier alpha value is -2.67. The lowest BCUT2D eigenvalue weighted by atomic mass is 10.1. The first-order valence-electron chi connectivity index (χ1n) is 8.95. The number of carbonyl (C=O) groups is 3. The Morgan fingerprint density at radius 3 is 2.25 bits per heavy atom. The highest BCUT2D eigenvalue weighted by Crippen LogP contribution is 2.13.